The number of aliphatic hydroxyl groups is 2. The van der Waals surface area contributed by atoms with Crippen LogP contribution in [0, 0.1) is 47.3 Å². The van der Waals surface area contributed by atoms with Gasteiger partial charge < -0.3 is 10.2 Å². The van der Waals surface area contributed by atoms with Crippen molar-refractivity contribution in [3.63, 3.8) is 0 Å². The zero-order valence-corrected chi connectivity index (χ0v) is 14.7. The monoisotopic (exact) mass is 328 g/mol. The lowest BCUT2D eigenvalue weighted by atomic mass is 9.48. The van der Waals surface area contributed by atoms with Gasteiger partial charge >= 0.3 is 0 Å². The van der Waals surface area contributed by atoms with Crippen LogP contribution in [0.4, 0.5) is 0 Å². The Bertz CT molecular complexity index is 644. The third-order valence-electron chi connectivity index (χ3n) is 8.00. The average Bonchev–Trinajstić information content (AvgIpc) is 2.74. The van der Waals surface area contributed by atoms with Crippen molar-refractivity contribution in [3.05, 3.63) is 11.6 Å². The molecule has 130 valence electrons. The highest BCUT2D eigenvalue weighted by Gasteiger charge is 2.66. The molecule has 2 N–H and O–H groups in total. The lowest BCUT2D eigenvalue weighted by Gasteiger charge is -2.57. The molecule has 4 aliphatic rings. The molecule has 3 fully saturated rings. The van der Waals surface area contributed by atoms with Crippen LogP contribution in [0.3, 0.4) is 0 Å². The number of rotatable bonds is 0. The molecule has 3 nitrogen and oxygen atoms in total. The van der Waals surface area contributed by atoms with Crippen molar-refractivity contribution in [3.8, 4) is 12.3 Å². The van der Waals surface area contributed by atoms with E-state index in [9.17, 15) is 15.0 Å². The van der Waals surface area contributed by atoms with Crippen LogP contribution in [0.1, 0.15) is 52.4 Å². The molecular weight excluding hydrogens is 300 g/mol. The molecule has 0 bridgehead atoms. The second-order valence-corrected chi connectivity index (χ2v) is 9.01. The summed E-state index contributed by atoms with van der Waals surface area (Å²) in [4.78, 5) is 11.8. The molecule has 0 radical (unpaired) electrons. The highest BCUT2D eigenvalue weighted by molar-refractivity contribution is 5.91. The van der Waals surface area contributed by atoms with Crippen molar-refractivity contribution in [1.82, 2.24) is 0 Å². The number of carbonyl (C=O) groups excluding carboxylic acids is 1. The summed E-state index contributed by atoms with van der Waals surface area (Å²) >= 11 is 0. The molecule has 4 aliphatic carbocycles. The summed E-state index contributed by atoms with van der Waals surface area (Å²) in [7, 11) is 0. The lowest BCUT2D eigenvalue weighted by molar-refractivity contribution is -0.120. The number of fused-ring (bicyclic) bond motifs is 5. The van der Waals surface area contributed by atoms with E-state index in [2.05, 4.69) is 19.8 Å². The topological polar surface area (TPSA) is 57.5 Å². The predicted molar refractivity (Wildman–Crippen MR) is 91.8 cm³/mol. The highest BCUT2D eigenvalue weighted by atomic mass is 16.3. The van der Waals surface area contributed by atoms with Gasteiger partial charge in [0.25, 0.3) is 0 Å². The Balaban J connectivity index is 1.74. The van der Waals surface area contributed by atoms with Gasteiger partial charge in [0.15, 0.2) is 5.78 Å². The van der Waals surface area contributed by atoms with E-state index in [1.54, 1.807) is 0 Å². The Kier molecular flexibility index (Phi) is 3.54. The first-order valence-electron chi connectivity index (χ1n) is 9.42. The van der Waals surface area contributed by atoms with Crippen LogP contribution in [-0.2, 0) is 4.79 Å². The molecule has 4 rings (SSSR count). The maximum absolute atomic E-state index is 11.8. The van der Waals surface area contributed by atoms with E-state index in [4.69, 9.17) is 6.42 Å². The van der Waals surface area contributed by atoms with Crippen LogP contribution in [0.2, 0.25) is 0 Å². The van der Waals surface area contributed by atoms with Gasteiger partial charge in [0, 0.05) is 18.3 Å². The van der Waals surface area contributed by atoms with E-state index in [1.165, 1.54) is 5.57 Å². The van der Waals surface area contributed by atoms with Crippen molar-refractivity contribution in [2.45, 2.75) is 64.1 Å². The normalized spacial score (nSPS) is 53.5. The highest BCUT2D eigenvalue weighted by Crippen LogP contribution is 2.65. The SMILES string of the molecule is C#C[C@]1(O)C[C@H](O)[C@H]2[C@@H]3[C@H](C)CC4=CC(=O)CCC4[C@H]3CC[C@@]21C. The molecule has 0 spiro atoms. The largest absolute Gasteiger partial charge is 0.393 e. The first kappa shape index (κ1) is 16.4. The molecule has 0 aromatic rings. The summed E-state index contributed by atoms with van der Waals surface area (Å²) < 4.78 is 0. The predicted octanol–water partition coefficient (Wildman–Crippen LogP) is 2.71. The van der Waals surface area contributed by atoms with Gasteiger partial charge in [-0.25, -0.2) is 0 Å². The molecule has 3 heteroatoms. The van der Waals surface area contributed by atoms with Gasteiger partial charge in [-0.3, -0.25) is 4.79 Å². The zero-order chi connectivity index (χ0) is 17.3. The third-order valence-corrected chi connectivity index (χ3v) is 8.00. The maximum atomic E-state index is 11.8. The Morgan fingerprint density at radius 2 is 2.12 bits per heavy atom. The molecule has 0 amide bonds. The van der Waals surface area contributed by atoms with Gasteiger partial charge in [0.05, 0.1) is 6.10 Å². The van der Waals surface area contributed by atoms with Crippen molar-refractivity contribution in [2.75, 3.05) is 0 Å². The van der Waals surface area contributed by atoms with Crippen LogP contribution in [0.15, 0.2) is 11.6 Å². The molecule has 1 unspecified atom stereocenters. The fourth-order valence-electron chi connectivity index (χ4n) is 6.89. The summed E-state index contributed by atoms with van der Waals surface area (Å²) in [6.07, 6.45) is 11.8. The van der Waals surface area contributed by atoms with Crippen LogP contribution < -0.4 is 0 Å². The zero-order valence-electron chi connectivity index (χ0n) is 14.7. The van der Waals surface area contributed by atoms with Crippen molar-refractivity contribution >= 4 is 5.78 Å². The van der Waals surface area contributed by atoms with E-state index in [0.717, 1.165) is 25.7 Å². The molecule has 24 heavy (non-hydrogen) atoms. The fraction of sp³-hybridized carbons (Fsp3) is 0.762. The molecule has 0 aromatic heterocycles. The van der Waals surface area contributed by atoms with Crippen molar-refractivity contribution < 1.29 is 15.0 Å². The smallest absolute Gasteiger partial charge is 0.155 e. The van der Waals surface area contributed by atoms with E-state index in [1.807, 2.05) is 6.08 Å². The van der Waals surface area contributed by atoms with Crippen molar-refractivity contribution in [1.29, 1.82) is 0 Å². The molecule has 0 aliphatic heterocycles. The van der Waals surface area contributed by atoms with E-state index >= 15 is 0 Å². The summed E-state index contributed by atoms with van der Waals surface area (Å²) in [5, 5.41) is 21.8. The molecule has 3 saturated carbocycles. The Morgan fingerprint density at radius 1 is 1.38 bits per heavy atom. The van der Waals surface area contributed by atoms with E-state index in [0.29, 0.717) is 36.5 Å². The van der Waals surface area contributed by atoms with Gasteiger partial charge in [0.1, 0.15) is 5.60 Å². The standard InChI is InChI=1S/C21H28O3/c1-4-21(24)11-17(23)19-18-12(2)9-13-10-14(22)5-6-15(13)16(18)7-8-20(19,21)3/h1,10,12,15-19,23-24H,5-9,11H2,2-3H3/t12-,15?,16-,17+,18-,19+,20+,21+/m1/s1. The van der Waals surface area contributed by atoms with Crippen LogP contribution in [0.25, 0.3) is 0 Å². The van der Waals surface area contributed by atoms with Gasteiger partial charge in [-0.1, -0.05) is 25.3 Å². The number of terminal acetylenes is 1. The molecule has 0 saturated heterocycles. The quantitative estimate of drug-likeness (QED) is 0.672. The number of allylic oxidation sites excluding steroid dienone is 1. The van der Waals surface area contributed by atoms with E-state index < -0.39 is 17.1 Å². The van der Waals surface area contributed by atoms with E-state index in [-0.39, 0.29) is 11.7 Å². The summed E-state index contributed by atoms with van der Waals surface area (Å²) in [6, 6.07) is 0. The minimum absolute atomic E-state index is 0.0616. The first-order chi connectivity index (χ1) is 11.3. The second kappa shape index (κ2) is 5.19. The molecular formula is C21H28O3. The minimum atomic E-state index is -1.19. The number of hydrogen-bond donors (Lipinski definition) is 2. The molecule has 0 heterocycles. The summed E-state index contributed by atoms with van der Waals surface area (Å²) in [5.74, 6) is 4.76. The maximum Gasteiger partial charge on any atom is 0.155 e. The summed E-state index contributed by atoms with van der Waals surface area (Å²) in [6.45, 7) is 4.34. The third kappa shape index (κ3) is 1.96. The van der Waals surface area contributed by atoms with Gasteiger partial charge in [-0.15, -0.1) is 6.42 Å². The number of hydrogen-bond acceptors (Lipinski definition) is 3. The average molecular weight is 328 g/mol. The Hall–Kier alpha value is -1.11. The van der Waals surface area contributed by atoms with Gasteiger partial charge in [-0.05, 0) is 61.3 Å². The Labute approximate surface area is 144 Å². The van der Waals surface area contributed by atoms with Crippen LogP contribution in [-0.4, -0.2) is 27.7 Å². The number of aliphatic hydroxyl groups excluding tert-OH is 1. The van der Waals surface area contributed by atoms with Crippen molar-refractivity contribution in [2.24, 2.45) is 35.0 Å². The number of ketones is 1. The molecule has 0 aromatic carbocycles. The van der Waals surface area contributed by atoms with Crippen LogP contribution in [0.5, 0.6) is 0 Å². The van der Waals surface area contributed by atoms with Gasteiger partial charge in [0.2, 0.25) is 0 Å². The minimum Gasteiger partial charge on any atom is -0.393 e. The van der Waals surface area contributed by atoms with Gasteiger partial charge in [-0.2, -0.15) is 0 Å². The lowest BCUT2D eigenvalue weighted by Crippen LogP contribution is -2.55. The van der Waals surface area contributed by atoms with Crippen LogP contribution >= 0.6 is 0 Å². The summed E-state index contributed by atoms with van der Waals surface area (Å²) in [5.41, 5.74) is -0.258. The fourth-order valence-corrected chi connectivity index (χ4v) is 6.89. The second-order valence-electron chi connectivity index (χ2n) is 9.01. The first-order valence-corrected chi connectivity index (χ1v) is 9.42. The number of carbonyl (C=O) groups is 1. The molecule has 8 atom stereocenters. The Morgan fingerprint density at radius 3 is 2.83 bits per heavy atom.